The number of anilines is 3. The Morgan fingerprint density at radius 3 is 2.71 bits per heavy atom. The van der Waals surface area contributed by atoms with Gasteiger partial charge in [0.05, 0.1) is 0 Å². The van der Waals surface area contributed by atoms with E-state index < -0.39 is 0 Å². The maximum atomic E-state index is 12.1. The van der Waals surface area contributed by atoms with E-state index in [0.717, 1.165) is 11.3 Å². The van der Waals surface area contributed by atoms with E-state index >= 15 is 0 Å². The average Bonchev–Trinajstić information content (AvgIpc) is 3.20. The number of nitrogen functional groups attached to an aromatic ring is 1. The first kappa shape index (κ1) is 17.3. The molecule has 1 aromatic carbocycles. The van der Waals surface area contributed by atoms with Gasteiger partial charge in [0.2, 0.25) is 6.79 Å². The topological polar surface area (TPSA) is 136 Å². The van der Waals surface area contributed by atoms with Crippen molar-refractivity contribution >= 4 is 23.2 Å². The largest absolute Gasteiger partial charge is 0.454 e. The monoisotopic (exact) mass is 379 g/mol. The molecule has 0 atom stereocenters. The molecule has 0 bridgehead atoms. The molecule has 1 amide bonds. The van der Waals surface area contributed by atoms with Crippen LogP contribution >= 0.6 is 0 Å². The minimum atomic E-state index is -0.338. The van der Waals surface area contributed by atoms with E-state index in [-0.39, 0.29) is 24.2 Å². The lowest BCUT2D eigenvalue weighted by molar-refractivity contribution is 0.0962. The molecule has 3 aromatic rings. The van der Waals surface area contributed by atoms with Crippen LogP contribution in [-0.2, 0) is 6.54 Å². The average molecular weight is 379 g/mol. The molecule has 1 aliphatic heterocycles. The fourth-order valence-corrected chi connectivity index (χ4v) is 2.56. The van der Waals surface area contributed by atoms with Crippen molar-refractivity contribution in [3.05, 3.63) is 60.2 Å². The third kappa shape index (κ3) is 3.70. The highest BCUT2D eigenvalue weighted by Crippen LogP contribution is 2.32. The van der Waals surface area contributed by atoms with Gasteiger partial charge < -0.3 is 20.5 Å². The number of pyridine rings is 1. The summed E-state index contributed by atoms with van der Waals surface area (Å²) in [7, 11) is 0. The molecule has 28 heavy (non-hydrogen) atoms. The van der Waals surface area contributed by atoms with Gasteiger partial charge in [-0.1, -0.05) is 6.07 Å². The first-order valence-electron chi connectivity index (χ1n) is 8.40. The van der Waals surface area contributed by atoms with Crippen LogP contribution in [0, 0.1) is 0 Å². The Kier molecular flexibility index (Phi) is 4.74. The van der Waals surface area contributed by atoms with Crippen LogP contribution < -0.4 is 31.4 Å². The van der Waals surface area contributed by atoms with Gasteiger partial charge in [-0.2, -0.15) is 0 Å². The van der Waals surface area contributed by atoms with Gasteiger partial charge >= 0.3 is 0 Å². The molecule has 0 spiro atoms. The third-order valence-corrected chi connectivity index (χ3v) is 4.02. The normalized spacial score (nSPS) is 11.7. The molecule has 142 valence electrons. The number of nitrogens with zero attached hydrogens (tertiary/aromatic N) is 3. The molecule has 4 rings (SSSR count). The zero-order valence-electron chi connectivity index (χ0n) is 14.7. The molecule has 3 heterocycles. The summed E-state index contributed by atoms with van der Waals surface area (Å²) in [6.07, 6.45) is 4.41. The maximum Gasteiger partial charge on any atom is 0.269 e. The Morgan fingerprint density at radius 1 is 1.07 bits per heavy atom. The van der Waals surface area contributed by atoms with Crippen LogP contribution in [0.2, 0.25) is 0 Å². The summed E-state index contributed by atoms with van der Waals surface area (Å²) in [5.74, 6) is 1.81. The molecule has 0 saturated heterocycles. The molecule has 0 fully saturated rings. The zero-order chi connectivity index (χ0) is 19.3. The Labute approximate surface area is 160 Å². The van der Waals surface area contributed by atoms with Crippen LogP contribution in [0.5, 0.6) is 11.5 Å². The van der Waals surface area contributed by atoms with Crippen molar-refractivity contribution in [3.8, 4) is 11.5 Å². The summed E-state index contributed by atoms with van der Waals surface area (Å²) in [6.45, 7) is 0.700. The number of carbonyl (C=O) groups is 1. The summed E-state index contributed by atoms with van der Waals surface area (Å²) in [5, 5.41) is 3.15. The number of aromatic nitrogens is 3. The SMILES string of the molecule is Nc1c(NCc2ccc3c(c2)OCO3)ncnc1NNC(=O)c1ccncc1. The smallest absolute Gasteiger partial charge is 0.269 e. The van der Waals surface area contributed by atoms with Crippen LogP contribution in [0.1, 0.15) is 15.9 Å². The number of amides is 1. The predicted octanol–water partition coefficient (Wildman–Crippen LogP) is 1.55. The van der Waals surface area contributed by atoms with Crippen molar-refractivity contribution in [1.82, 2.24) is 20.4 Å². The number of hydrazine groups is 1. The number of benzene rings is 1. The van der Waals surface area contributed by atoms with Gasteiger partial charge in [-0.3, -0.25) is 20.6 Å². The highest BCUT2D eigenvalue weighted by Gasteiger charge is 2.14. The Bertz CT molecular complexity index is 998. The van der Waals surface area contributed by atoms with Gasteiger partial charge in [-0.05, 0) is 29.8 Å². The fourth-order valence-electron chi connectivity index (χ4n) is 2.56. The van der Waals surface area contributed by atoms with Crippen LogP contribution in [0.25, 0.3) is 0 Å². The number of ether oxygens (including phenoxy) is 2. The second-order valence-electron chi connectivity index (χ2n) is 5.84. The maximum absolute atomic E-state index is 12.1. The quantitative estimate of drug-likeness (QED) is 0.470. The Morgan fingerprint density at radius 2 is 1.86 bits per heavy atom. The minimum absolute atomic E-state index is 0.227. The summed E-state index contributed by atoms with van der Waals surface area (Å²) < 4.78 is 10.7. The molecule has 0 unspecified atom stereocenters. The number of nitrogens with two attached hydrogens (primary N) is 1. The van der Waals surface area contributed by atoms with E-state index in [9.17, 15) is 4.79 Å². The summed E-state index contributed by atoms with van der Waals surface area (Å²) in [6, 6.07) is 8.86. The van der Waals surface area contributed by atoms with Crippen LogP contribution in [0.3, 0.4) is 0 Å². The van der Waals surface area contributed by atoms with Gasteiger partial charge in [-0.25, -0.2) is 9.97 Å². The second kappa shape index (κ2) is 7.66. The van der Waals surface area contributed by atoms with Crippen LogP contribution in [-0.4, -0.2) is 27.7 Å². The Balaban J connectivity index is 1.40. The molecular formula is C18H17N7O3. The van der Waals surface area contributed by atoms with Gasteiger partial charge in [0, 0.05) is 24.5 Å². The van der Waals surface area contributed by atoms with E-state index in [1.807, 2.05) is 18.2 Å². The molecular weight excluding hydrogens is 362 g/mol. The first-order chi connectivity index (χ1) is 13.7. The number of hydrogen-bond acceptors (Lipinski definition) is 9. The van der Waals surface area contributed by atoms with Crippen LogP contribution in [0.15, 0.2) is 49.1 Å². The van der Waals surface area contributed by atoms with E-state index in [0.29, 0.717) is 23.7 Å². The summed E-state index contributed by atoms with van der Waals surface area (Å²) in [4.78, 5) is 24.2. The second-order valence-corrected chi connectivity index (χ2v) is 5.84. The predicted molar refractivity (Wildman–Crippen MR) is 102 cm³/mol. The molecule has 0 aliphatic carbocycles. The molecule has 0 saturated carbocycles. The van der Waals surface area contributed by atoms with Crippen molar-refractivity contribution in [2.24, 2.45) is 0 Å². The lowest BCUT2D eigenvalue weighted by atomic mass is 10.2. The highest BCUT2D eigenvalue weighted by atomic mass is 16.7. The number of rotatable bonds is 6. The number of carbonyl (C=O) groups excluding carboxylic acids is 1. The molecule has 1 aliphatic rings. The minimum Gasteiger partial charge on any atom is -0.454 e. The Hall–Kier alpha value is -4.08. The van der Waals surface area contributed by atoms with Crippen molar-refractivity contribution < 1.29 is 14.3 Å². The molecule has 0 radical (unpaired) electrons. The summed E-state index contributed by atoms with van der Waals surface area (Å²) in [5.41, 5.74) is 13.1. The lowest BCUT2D eigenvalue weighted by Crippen LogP contribution is -2.30. The number of hydrogen-bond donors (Lipinski definition) is 4. The zero-order valence-corrected chi connectivity index (χ0v) is 14.7. The first-order valence-corrected chi connectivity index (χ1v) is 8.40. The third-order valence-electron chi connectivity index (χ3n) is 4.02. The van der Waals surface area contributed by atoms with Crippen LogP contribution in [0.4, 0.5) is 17.3 Å². The molecule has 5 N–H and O–H groups in total. The fraction of sp³-hybridized carbons (Fsp3) is 0.111. The van der Waals surface area contributed by atoms with E-state index in [1.54, 1.807) is 12.1 Å². The lowest BCUT2D eigenvalue weighted by Gasteiger charge is -2.13. The number of fused-ring (bicyclic) bond motifs is 1. The van der Waals surface area contributed by atoms with Crippen molar-refractivity contribution in [3.63, 3.8) is 0 Å². The van der Waals surface area contributed by atoms with Crippen molar-refractivity contribution in [2.75, 3.05) is 23.3 Å². The highest BCUT2D eigenvalue weighted by molar-refractivity contribution is 5.95. The van der Waals surface area contributed by atoms with Gasteiger partial charge in [0.25, 0.3) is 5.91 Å². The van der Waals surface area contributed by atoms with Crippen molar-refractivity contribution in [1.29, 1.82) is 0 Å². The number of nitrogens with one attached hydrogen (secondary N) is 3. The van der Waals surface area contributed by atoms with Gasteiger partial charge in [0.15, 0.2) is 23.1 Å². The van der Waals surface area contributed by atoms with E-state index in [4.69, 9.17) is 15.2 Å². The van der Waals surface area contributed by atoms with E-state index in [1.165, 1.54) is 18.7 Å². The van der Waals surface area contributed by atoms with Crippen molar-refractivity contribution in [2.45, 2.75) is 6.54 Å². The summed E-state index contributed by atoms with van der Waals surface area (Å²) >= 11 is 0. The molecule has 2 aromatic heterocycles. The van der Waals surface area contributed by atoms with Gasteiger partial charge in [0.1, 0.15) is 12.0 Å². The standard InChI is InChI=1S/C18H17N7O3/c19-15-16(21-8-11-1-2-13-14(7-11)28-10-27-13)22-9-23-17(15)24-25-18(26)12-3-5-20-6-4-12/h1-7,9H,8,10,19H2,(H,25,26)(H2,21,22,23,24). The molecule has 10 nitrogen and oxygen atoms in total. The molecule has 10 heteroatoms. The van der Waals surface area contributed by atoms with E-state index in [2.05, 4.69) is 31.1 Å². The van der Waals surface area contributed by atoms with Gasteiger partial charge in [-0.15, -0.1) is 0 Å².